The zero-order chi connectivity index (χ0) is 37.1. The minimum Gasteiger partial charge on any atom is -0.343 e. The number of pyridine rings is 1. The Morgan fingerprint density at radius 2 is 0.731 bits per heavy atom. The largest absolute Gasteiger partial charge is 0.343 e. The van der Waals surface area contributed by atoms with E-state index in [1.54, 1.807) is 9.80 Å². The molecule has 4 aromatic carbocycles. The summed E-state index contributed by atoms with van der Waals surface area (Å²) in [7, 11) is -7.12. The molecule has 0 N–H and O–H groups in total. The fourth-order valence-corrected chi connectivity index (χ4v) is 13.3. The van der Waals surface area contributed by atoms with E-state index < -0.39 is 25.6 Å². The predicted octanol–water partition coefficient (Wildman–Crippen LogP) is 6.67. The van der Waals surface area contributed by atoms with Crippen LogP contribution >= 0.6 is 14.3 Å². The molecule has 5 rings (SSSR count). The van der Waals surface area contributed by atoms with Gasteiger partial charge >= 0.3 is 0 Å². The van der Waals surface area contributed by atoms with E-state index in [4.69, 9.17) is 4.98 Å². The molecule has 52 heavy (non-hydrogen) atoms. The van der Waals surface area contributed by atoms with Crippen LogP contribution in [0.3, 0.4) is 0 Å². The van der Waals surface area contributed by atoms with Gasteiger partial charge in [-0.15, -0.1) is 0 Å². The molecule has 0 fully saturated rings. The first-order valence-corrected chi connectivity index (χ1v) is 21.7. The fraction of sp³-hybridized carbons (Fsp3) is 0.279. The van der Waals surface area contributed by atoms with Gasteiger partial charge in [0.05, 0.1) is 0 Å². The summed E-state index contributed by atoms with van der Waals surface area (Å²) in [5, 5.41) is 2.44. The van der Waals surface area contributed by atoms with E-state index in [-0.39, 0.29) is 24.7 Å². The van der Waals surface area contributed by atoms with Crippen LogP contribution < -0.4 is 21.2 Å². The fourth-order valence-electron chi connectivity index (χ4n) is 7.00. The van der Waals surface area contributed by atoms with Crippen molar-refractivity contribution < 1.29 is 18.7 Å². The Kier molecular flexibility index (Phi) is 13.2. The maximum Gasteiger partial charge on any atom is 0.234 e. The van der Waals surface area contributed by atoms with Crippen molar-refractivity contribution in [2.45, 2.75) is 51.9 Å². The van der Waals surface area contributed by atoms with Gasteiger partial charge in [0.15, 0.2) is 14.3 Å². The summed E-state index contributed by atoms with van der Waals surface area (Å²) in [6.45, 7) is 9.63. The van der Waals surface area contributed by atoms with Gasteiger partial charge in [0.25, 0.3) is 0 Å². The normalized spacial score (nSPS) is 12.8. The molecule has 2 amide bonds. The van der Waals surface area contributed by atoms with Crippen LogP contribution in [0.5, 0.6) is 0 Å². The lowest BCUT2D eigenvalue weighted by atomic mass is 10.1. The summed E-state index contributed by atoms with van der Waals surface area (Å²) >= 11 is 0. The maximum absolute atomic E-state index is 15.7. The van der Waals surface area contributed by atoms with E-state index in [1.807, 2.05) is 167 Å². The van der Waals surface area contributed by atoms with Crippen LogP contribution in [-0.2, 0) is 31.6 Å². The van der Waals surface area contributed by atoms with Gasteiger partial charge in [-0.1, -0.05) is 127 Å². The van der Waals surface area contributed by atoms with Crippen molar-refractivity contribution in [2.75, 3.05) is 26.2 Å². The smallest absolute Gasteiger partial charge is 0.234 e. The van der Waals surface area contributed by atoms with Crippen LogP contribution in [-0.4, -0.2) is 64.1 Å². The lowest BCUT2D eigenvalue weighted by Gasteiger charge is -2.32. The molecule has 0 unspecified atom stereocenters. The van der Waals surface area contributed by atoms with Crippen LogP contribution in [0.2, 0.25) is 0 Å². The Balaban J connectivity index is 1.63. The average Bonchev–Trinajstić information content (AvgIpc) is 3.20. The molecule has 0 bridgehead atoms. The number of benzene rings is 4. The molecule has 0 saturated heterocycles. The van der Waals surface area contributed by atoms with Gasteiger partial charge in [0.2, 0.25) is 11.8 Å². The Morgan fingerprint density at radius 3 is 0.981 bits per heavy atom. The third-order valence-corrected chi connectivity index (χ3v) is 16.7. The van der Waals surface area contributed by atoms with Crippen molar-refractivity contribution in [3.63, 3.8) is 0 Å². The standard InChI is InChI=1S/C43H49N3O4P2/c1-5-45(6-2)42(47)40(51(49,36-24-13-9-14-25-36)37-26-15-10-16-27-37)32-34-22-21-23-35(44-34)33-41(43(48)46(7-3)8-4)52(50,38-28-17-11-18-29-38)39-30-19-12-20-31-39/h9-31,40-41H,5-8,32-33H2,1-4H3/t40-,41-/m1/s1. The second-order valence-corrected chi connectivity index (χ2v) is 18.7. The van der Waals surface area contributed by atoms with Gasteiger partial charge in [-0.2, -0.15) is 0 Å². The quantitative estimate of drug-likeness (QED) is 0.106. The van der Waals surface area contributed by atoms with E-state index >= 15 is 9.13 Å². The number of aromatic nitrogens is 1. The summed E-state index contributed by atoms with van der Waals surface area (Å²) in [6, 6.07) is 42.6. The highest BCUT2D eigenvalue weighted by atomic mass is 31.2. The lowest BCUT2D eigenvalue weighted by Crippen LogP contribution is -2.44. The molecule has 0 aliphatic heterocycles. The Bertz CT molecular complexity index is 1770. The highest BCUT2D eigenvalue weighted by Crippen LogP contribution is 2.52. The Hall–Kier alpha value is -4.57. The summed E-state index contributed by atoms with van der Waals surface area (Å²) in [5.74, 6) is -0.388. The molecule has 0 aliphatic rings. The number of rotatable bonds is 16. The number of nitrogens with zero attached hydrogens (tertiary/aromatic N) is 3. The monoisotopic (exact) mass is 733 g/mol. The highest BCUT2D eigenvalue weighted by molar-refractivity contribution is 7.80. The van der Waals surface area contributed by atoms with Crippen molar-refractivity contribution in [3.05, 3.63) is 151 Å². The average molecular weight is 734 g/mol. The van der Waals surface area contributed by atoms with Crippen molar-refractivity contribution in [1.29, 1.82) is 0 Å². The minimum atomic E-state index is -3.56. The van der Waals surface area contributed by atoms with Gasteiger partial charge < -0.3 is 18.9 Å². The van der Waals surface area contributed by atoms with Crippen LogP contribution in [0.4, 0.5) is 0 Å². The van der Waals surface area contributed by atoms with E-state index in [1.165, 1.54) is 0 Å². The van der Waals surface area contributed by atoms with Gasteiger partial charge in [-0.3, -0.25) is 14.6 Å². The molecular weight excluding hydrogens is 684 g/mol. The number of carbonyl (C=O) groups excluding carboxylic acids is 2. The third-order valence-electron chi connectivity index (χ3n) is 9.83. The molecular formula is C43H49N3O4P2. The second-order valence-electron chi connectivity index (χ2n) is 12.7. The molecule has 1 heterocycles. The third kappa shape index (κ3) is 8.07. The predicted molar refractivity (Wildman–Crippen MR) is 215 cm³/mol. The van der Waals surface area contributed by atoms with Crippen LogP contribution in [0.15, 0.2) is 140 Å². The van der Waals surface area contributed by atoms with Gasteiger partial charge in [0.1, 0.15) is 11.3 Å². The van der Waals surface area contributed by atoms with Gasteiger partial charge in [-0.25, -0.2) is 0 Å². The summed E-state index contributed by atoms with van der Waals surface area (Å²) in [6.07, 6.45) is 0.238. The van der Waals surface area contributed by atoms with Crippen LogP contribution in [0, 0.1) is 0 Å². The SMILES string of the molecule is CCN(CC)C(=O)[C@@H](Cc1cccc(C[C@H](C(=O)N(CC)CC)P(=O)(c2ccccc2)c2ccccc2)n1)P(=O)(c1ccccc1)c1ccccc1. The maximum atomic E-state index is 15.7. The minimum absolute atomic E-state index is 0.119. The summed E-state index contributed by atoms with van der Waals surface area (Å²) < 4.78 is 31.3. The van der Waals surface area contributed by atoms with E-state index in [9.17, 15) is 9.59 Å². The van der Waals surface area contributed by atoms with Crippen molar-refractivity contribution >= 4 is 47.3 Å². The lowest BCUT2D eigenvalue weighted by molar-refractivity contribution is -0.131. The summed E-state index contributed by atoms with van der Waals surface area (Å²) in [5.41, 5.74) is -0.683. The number of carbonyl (C=O) groups is 2. The Morgan fingerprint density at radius 1 is 0.462 bits per heavy atom. The number of hydrogen-bond acceptors (Lipinski definition) is 5. The van der Waals surface area contributed by atoms with Crippen molar-refractivity contribution in [1.82, 2.24) is 14.8 Å². The zero-order valence-electron chi connectivity index (χ0n) is 30.5. The molecule has 7 nitrogen and oxygen atoms in total. The van der Waals surface area contributed by atoms with Crippen molar-refractivity contribution in [2.24, 2.45) is 0 Å². The molecule has 0 radical (unpaired) electrons. The van der Waals surface area contributed by atoms with E-state index in [0.717, 1.165) is 0 Å². The molecule has 270 valence electrons. The van der Waals surface area contributed by atoms with E-state index in [0.29, 0.717) is 58.8 Å². The van der Waals surface area contributed by atoms with Gasteiger partial charge in [-0.05, 0) is 39.8 Å². The second kappa shape index (κ2) is 17.8. The van der Waals surface area contributed by atoms with Crippen LogP contribution in [0.25, 0.3) is 0 Å². The number of hydrogen-bond donors (Lipinski definition) is 0. The zero-order valence-corrected chi connectivity index (χ0v) is 32.3. The molecule has 0 saturated carbocycles. The van der Waals surface area contributed by atoms with Crippen molar-refractivity contribution in [3.8, 4) is 0 Å². The first-order valence-electron chi connectivity index (χ1n) is 18.2. The molecule has 9 heteroatoms. The molecule has 2 atom stereocenters. The first-order chi connectivity index (χ1) is 25.2. The molecule has 0 spiro atoms. The molecule has 0 aliphatic carbocycles. The molecule has 1 aromatic heterocycles. The first kappa shape index (κ1) is 38.7. The van der Waals surface area contributed by atoms with Crippen LogP contribution in [0.1, 0.15) is 39.1 Å². The highest BCUT2D eigenvalue weighted by Gasteiger charge is 2.45. The number of amides is 2. The van der Waals surface area contributed by atoms with E-state index in [2.05, 4.69) is 0 Å². The molecule has 5 aromatic rings. The summed E-state index contributed by atoms with van der Waals surface area (Å²) in [4.78, 5) is 37.5. The Labute approximate surface area is 308 Å². The van der Waals surface area contributed by atoms with Gasteiger partial charge in [0, 0.05) is 71.6 Å². The topological polar surface area (TPSA) is 87.7 Å².